The largest absolute Gasteiger partial charge is 0.423 e. The second-order valence-electron chi connectivity index (χ2n) is 7.97. The number of fused-ring (bicyclic) bond motifs is 1. The predicted molar refractivity (Wildman–Crippen MR) is 117 cm³/mol. The third-order valence-electron chi connectivity index (χ3n) is 5.47. The van der Waals surface area contributed by atoms with Crippen LogP contribution in [0.1, 0.15) is 17.5 Å². The van der Waals surface area contributed by atoms with E-state index in [0.29, 0.717) is 34.4 Å². The molecule has 1 atom stereocenters. The average Bonchev–Trinajstić information content (AvgIpc) is 3.39. The Bertz CT molecular complexity index is 1140. The van der Waals surface area contributed by atoms with E-state index in [1.54, 1.807) is 18.2 Å². The number of hydrogen-bond acceptors (Lipinski definition) is 5. The van der Waals surface area contributed by atoms with E-state index in [1.807, 2.05) is 0 Å². The summed E-state index contributed by atoms with van der Waals surface area (Å²) >= 11 is 0. The van der Waals surface area contributed by atoms with Crippen LogP contribution in [0.15, 0.2) is 53.0 Å². The van der Waals surface area contributed by atoms with Crippen molar-refractivity contribution in [2.45, 2.75) is 18.6 Å². The molecule has 0 bridgehead atoms. The molecule has 1 saturated heterocycles. The third kappa shape index (κ3) is 4.94. The van der Waals surface area contributed by atoms with Crippen molar-refractivity contribution in [1.82, 2.24) is 9.88 Å². The summed E-state index contributed by atoms with van der Waals surface area (Å²) in [5.74, 6) is -0.402. The van der Waals surface area contributed by atoms with Gasteiger partial charge in [0.15, 0.2) is 5.58 Å². The molecule has 0 spiro atoms. The lowest BCUT2D eigenvalue weighted by molar-refractivity contribution is -0.137. The van der Waals surface area contributed by atoms with E-state index in [2.05, 4.69) is 34.2 Å². The van der Waals surface area contributed by atoms with Crippen LogP contribution in [0.25, 0.3) is 17.2 Å². The van der Waals surface area contributed by atoms with Crippen molar-refractivity contribution in [3.63, 3.8) is 0 Å². The molecule has 1 aliphatic heterocycles. The minimum Gasteiger partial charge on any atom is -0.423 e. The molecule has 1 unspecified atom stereocenters. The number of alkyl halides is 3. The van der Waals surface area contributed by atoms with Crippen molar-refractivity contribution >= 4 is 34.8 Å². The zero-order valence-corrected chi connectivity index (χ0v) is 17.7. The Kier molecular flexibility index (Phi) is 5.92. The first-order chi connectivity index (χ1) is 15.2. The van der Waals surface area contributed by atoms with Crippen LogP contribution in [0.3, 0.4) is 0 Å². The number of carbonyl (C=O) groups excluding carboxylic acids is 1. The van der Waals surface area contributed by atoms with Crippen LogP contribution in [0, 0.1) is 0 Å². The summed E-state index contributed by atoms with van der Waals surface area (Å²) in [7, 11) is 4.11. The molecule has 168 valence electrons. The van der Waals surface area contributed by atoms with Crippen molar-refractivity contribution in [2.24, 2.45) is 0 Å². The Morgan fingerprint density at radius 3 is 2.62 bits per heavy atom. The van der Waals surface area contributed by atoms with Crippen LogP contribution in [-0.2, 0) is 11.0 Å². The van der Waals surface area contributed by atoms with Crippen LogP contribution in [0.5, 0.6) is 0 Å². The van der Waals surface area contributed by atoms with E-state index in [4.69, 9.17) is 4.42 Å². The summed E-state index contributed by atoms with van der Waals surface area (Å²) in [4.78, 5) is 21.1. The van der Waals surface area contributed by atoms with Crippen LogP contribution in [-0.4, -0.2) is 49.0 Å². The van der Waals surface area contributed by atoms with Gasteiger partial charge >= 0.3 is 6.18 Å². The molecule has 1 aliphatic rings. The number of benzene rings is 2. The van der Waals surface area contributed by atoms with Crippen molar-refractivity contribution in [3.05, 3.63) is 59.7 Å². The van der Waals surface area contributed by atoms with Crippen molar-refractivity contribution in [3.8, 4) is 0 Å². The van der Waals surface area contributed by atoms with Gasteiger partial charge in [0.05, 0.1) is 5.56 Å². The number of nitrogens with one attached hydrogen (secondary N) is 1. The third-order valence-corrected chi connectivity index (χ3v) is 5.47. The Hall–Kier alpha value is -3.33. The maximum absolute atomic E-state index is 12.6. The summed E-state index contributed by atoms with van der Waals surface area (Å²) in [5.41, 5.74) is 1.58. The average molecular weight is 444 g/mol. The number of hydrogen-bond donors (Lipinski definition) is 1. The summed E-state index contributed by atoms with van der Waals surface area (Å²) in [6.07, 6.45) is -0.621. The first-order valence-corrected chi connectivity index (χ1v) is 10.2. The monoisotopic (exact) mass is 444 g/mol. The maximum Gasteiger partial charge on any atom is 0.416 e. The molecule has 2 aromatic carbocycles. The fourth-order valence-corrected chi connectivity index (χ4v) is 3.60. The Labute approximate surface area is 183 Å². The van der Waals surface area contributed by atoms with E-state index in [-0.39, 0.29) is 0 Å². The van der Waals surface area contributed by atoms with Gasteiger partial charge in [0, 0.05) is 30.9 Å². The number of likely N-dealkylation sites (N-methyl/N-ethyl adjacent to an activating group) is 1. The van der Waals surface area contributed by atoms with E-state index < -0.39 is 17.6 Å². The Balaban J connectivity index is 1.40. The van der Waals surface area contributed by atoms with Crippen LogP contribution in [0.4, 0.5) is 24.9 Å². The van der Waals surface area contributed by atoms with E-state index in [0.717, 1.165) is 31.6 Å². The Morgan fingerprint density at radius 2 is 1.97 bits per heavy atom. The van der Waals surface area contributed by atoms with Crippen molar-refractivity contribution in [2.75, 3.05) is 37.4 Å². The lowest BCUT2D eigenvalue weighted by atomic mass is 10.1. The molecule has 4 rings (SSSR count). The summed E-state index contributed by atoms with van der Waals surface area (Å²) in [5, 5.41) is 2.73. The highest BCUT2D eigenvalue weighted by atomic mass is 19.4. The number of carbonyl (C=O) groups is 1. The zero-order valence-electron chi connectivity index (χ0n) is 17.7. The van der Waals surface area contributed by atoms with Gasteiger partial charge in [-0.2, -0.15) is 18.2 Å². The van der Waals surface area contributed by atoms with Gasteiger partial charge in [0.1, 0.15) is 5.52 Å². The predicted octanol–water partition coefficient (Wildman–Crippen LogP) is 4.64. The molecule has 3 aromatic rings. The van der Waals surface area contributed by atoms with E-state index in [9.17, 15) is 18.0 Å². The molecular formula is C23H23F3N4O2. The lowest BCUT2D eigenvalue weighted by Crippen LogP contribution is -2.31. The highest BCUT2D eigenvalue weighted by Gasteiger charge is 2.30. The SMILES string of the molecule is CN(C)C1CCN(c2nc3cc(NC(=O)C=Cc4ccc(C(F)(F)F)cc4)ccc3o2)C1. The second kappa shape index (κ2) is 8.66. The number of amides is 1. The molecular weight excluding hydrogens is 421 g/mol. The molecule has 6 nitrogen and oxygen atoms in total. The number of nitrogens with zero attached hydrogens (tertiary/aromatic N) is 3. The minimum atomic E-state index is -4.39. The molecule has 1 N–H and O–H groups in total. The molecule has 0 saturated carbocycles. The van der Waals surface area contributed by atoms with Gasteiger partial charge in [-0.15, -0.1) is 0 Å². The Morgan fingerprint density at radius 1 is 1.22 bits per heavy atom. The molecule has 1 fully saturated rings. The van der Waals surface area contributed by atoms with Gasteiger partial charge in [-0.05, 0) is 62.5 Å². The molecule has 1 amide bonds. The summed E-state index contributed by atoms with van der Waals surface area (Å²) < 4.78 is 43.7. The molecule has 32 heavy (non-hydrogen) atoms. The molecule has 0 aliphatic carbocycles. The van der Waals surface area contributed by atoms with Crippen LogP contribution < -0.4 is 10.2 Å². The number of rotatable bonds is 5. The lowest BCUT2D eigenvalue weighted by Gasteiger charge is -2.19. The van der Waals surface area contributed by atoms with E-state index >= 15 is 0 Å². The quantitative estimate of drug-likeness (QED) is 0.581. The number of oxazole rings is 1. The summed E-state index contributed by atoms with van der Waals surface area (Å²) in [6.45, 7) is 1.71. The highest BCUT2D eigenvalue weighted by Crippen LogP contribution is 2.29. The van der Waals surface area contributed by atoms with Gasteiger partial charge in [-0.3, -0.25) is 4.79 Å². The van der Waals surface area contributed by atoms with Gasteiger partial charge in [0.2, 0.25) is 5.91 Å². The van der Waals surface area contributed by atoms with Gasteiger partial charge < -0.3 is 19.5 Å². The molecule has 9 heteroatoms. The van der Waals surface area contributed by atoms with Gasteiger partial charge in [-0.1, -0.05) is 12.1 Å². The second-order valence-corrected chi connectivity index (χ2v) is 7.97. The first-order valence-electron chi connectivity index (χ1n) is 10.2. The molecule has 1 aromatic heterocycles. The van der Waals surface area contributed by atoms with Gasteiger partial charge in [0.25, 0.3) is 6.01 Å². The fraction of sp³-hybridized carbons (Fsp3) is 0.304. The van der Waals surface area contributed by atoms with E-state index in [1.165, 1.54) is 24.3 Å². The topological polar surface area (TPSA) is 61.6 Å². The first kappa shape index (κ1) is 21.9. The smallest absolute Gasteiger partial charge is 0.416 e. The highest BCUT2D eigenvalue weighted by molar-refractivity contribution is 6.02. The standard InChI is InChI=1S/C23H23F3N4O2/c1-29(2)18-11-12-30(14-18)22-28-19-13-17(8-9-20(19)32-22)27-21(31)10-5-15-3-6-16(7-4-15)23(24,25)26/h3-10,13,18H,11-12,14H2,1-2H3,(H,27,31). The fourth-order valence-electron chi connectivity index (χ4n) is 3.60. The minimum absolute atomic E-state index is 0.402. The van der Waals surface area contributed by atoms with Crippen molar-refractivity contribution in [1.29, 1.82) is 0 Å². The van der Waals surface area contributed by atoms with Crippen LogP contribution >= 0.6 is 0 Å². The maximum atomic E-state index is 12.6. The number of aromatic nitrogens is 1. The summed E-state index contributed by atoms with van der Waals surface area (Å²) in [6, 6.07) is 10.8. The molecule has 2 heterocycles. The molecule has 0 radical (unpaired) electrons. The van der Waals surface area contributed by atoms with Crippen molar-refractivity contribution < 1.29 is 22.4 Å². The number of halogens is 3. The zero-order chi connectivity index (χ0) is 22.9. The van der Waals surface area contributed by atoms with Gasteiger partial charge in [-0.25, -0.2) is 0 Å². The van der Waals surface area contributed by atoms with Crippen LogP contribution in [0.2, 0.25) is 0 Å². The normalized spacial score (nSPS) is 17.1. The number of anilines is 2.